The largest absolute Gasteiger partial charge is 0.360 e. The maximum atomic E-state index is 6.37. The molecule has 130 valence electrons. The van der Waals surface area contributed by atoms with Gasteiger partial charge in [-0.3, -0.25) is 4.90 Å². The zero-order chi connectivity index (χ0) is 16.2. The number of halogens is 1. The lowest BCUT2D eigenvalue weighted by Crippen LogP contribution is -2.28. The van der Waals surface area contributed by atoms with Crippen molar-refractivity contribution >= 4 is 18.2 Å². The second kappa shape index (κ2) is 8.47. The predicted molar refractivity (Wildman–Crippen MR) is 103 cm³/mol. The zero-order valence-electron chi connectivity index (χ0n) is 14.4. The van der Waals surface area contributed by atoms with E-state index >= 15 is 0 Å². The third-order valence-corrected chi connectivity index (χ3v) is 4.75. The number of pyridine rings is 1. The molecule has 0 radical (unpaired) electrons. The number of likely N-dealkylation sites (tertiary alicyclic amines) is 1. The van der Waals surface area contributed by atoms with Gasteiger partial charge in [-0.05, 0) is 24.1 Å². The summed E-state index contributed by atoms with van der Waals surface area (Å²) in [4.78, 5) is 9.13. The van der Waals surface area contributed by atoms with Crippen LogP contribution in [0.4, 0.5) is 5.82 Å². The van der Waals surface area contributed by atoms with Gasteiger partial charge in [0.25, 0.3) is 0 Å². The highest BCUT2D eigenvalue weighted by Crippen LogP contribution is 2.27. The molecule has 0 spiro atoms. The van der Waals surface area contributed by atoms with Gasteiger partial charge in [-0.1, -0.05) is 36.4 Å². The molecule has 1 saturated heterocycles. The van der Waals surface area contributed by atoms with Crippen LogP contribution in [0.25, 0.3) is 0 Å². The third kappa shape index (κ3) is 4.26. The Kier molecular flexibility index (Phi) is 6.60. The molecule has 2 heterocycles. The van der Waals surface area contributed by atoms with E-state index < -0.39 is 0 Å². The van der Waals surface area contributed by atoms with E-state index in [-0.39, 0.29) is 18.4 Å². The Balaban J connectivity index is 0.00000208. The molecule has 0 unspecified atom stereocenters. The molecule has 2 N–H and O–H groups in total. The number of nitrogens with two attached hydrogens (primary N) is 1. The predicted octanol–water partition coefficient (Wildman–Crippen LogP) is 2.89. The van der Waals surface area contributed by atoms with E-state index in [1.807, 2.05) is 6.20 Å². The van der Waals surface area contributed by atoms with Crippen molar-refractivity contribution in [3.05, 3.63) is 59.8 Å². The SMILES string of the molecule is CCN(C)c1ccc(CN2C[C@@H](N)[C@H](c3ccccc3)C2)cn1.Cl. The standard InChI is InChI=1S/C19H26N4.ClH/c1-3-22(2)19-10-9-15(11-21-19)12-23-13-17(18(20)14-23)16-7-5-4-6-8-16;/h4-11,17-18H,3,12-14,20H2,1-2H3;1H/t17-,18+;/m0./s1. The maximum absolute atomic E-state index is 6.37. The molecule has 0 aliphatic carbocycles. The van der Waals surface area contributed by atoms with Crippen molar-refractivity contribution in [1.29, 1.82) is 0 Å². The maximum Gasteiger partial charge on any atom is 0.128 e. The average molecular weight is 347 g/mol. The van der Waals surface area contributed by atoms with Crippen molar-refractivity contribution in [1.82, 2.24) is 9.88 Å². The van der Waals surface area contributed by atoms with Crippen molar-refractivity contribution < 1.29 is 0 Å². The molecule has 24 heavy (non-hydrogen) atoms. The molecular formula is C19H27ClN4. The summed E-state index contributed by atoms with van der Waals surface area (Å²) in [6.07, 6.45) is 1.99. The normalized spacial score (nSPS) is 20.6. The molecule has 5 heteroatoms. The van der Waals surface area contributed by atoms with Crippen LogP contribution in [0.15, 0.2) is 48.7 Å². The molecule has 4 nitrogen and oxygen atoms in total. The van der Waals surface area contributed by atoms with Gasteiger partial charge in [0, 0.05) is 51.4 Å². The van der Waals surface area contributed by atoms with E-state index in [9.17, 15) is 0 Å². The van der Waals surface area contributed by atoms with Crippen LogP contribution in [-0.2, 0) is 6.54 Å². The third-order valence-electron chi connectivity index (χ3n) is 4.75. The topological polar surface area (TPSA) is 45.4 Å². The number of anilines is 1. The molecule has 1 aliphatic heterocycles. The van der Waals surface area contributed by atoms with Gasteiger partial charge in [0.15, 0.2) is 0 Å². The minimum atomic E-state index is 0. The first-order chi connectivity index (χ1) is 11.2. The highest BCUT2D eigenvalue weighted by atomic mass is 35.5. The van der Waals surface area contributed by atoms with Gasteiger partial charge >= 0.3 is 0 Å². The van der Waals surface area contributed by atoms with Crippen LogP contribution in [0.3, 0.4) is 0 Å². The Morgan fingerprint density at radius 3 is 2.54 bits per heavy atom. The van der Waals surface area contributed by atoms with Gasteiger partial charge in [0.05, 0.1) is 0 Å². The van der Waals surface area contributed by atoms with Gasteiger partial charge in [-0.2, -0.15) is 0 Å². The minimum Gasteiger partial charge on any atom is -0.360 e. The summed E-state index contributed by atoms with van der Waals surface area (Å²) in [6, 6.07) is 15.1. The highest BCUT2D eigenvalue weighted by molar-refractivity contribution is 5.85. The average Bonchev–Trinajstić information content (AvgIpc) is 2.96. The van der Waals surface area contributed by atoms with Crippen LogP contribution in [0.5, 0.6) is 0 Å². The number of hydrogen-bond donors (Lipinski definition) is 1. The Labute approximate surface area is 151 Å². The molecule has 0 saturated carbocycles. The molecule has 0 amide bonds. The number of hydrogen-bond acceptors (Lipinski definition) is 4. The molecule has 2 atom stereocenters. The lowest BCUT2D eigenvalue weighted by atomic mass is 9.95. The van der Waals surface area contributed by atoms with Crippen molar-refractivity contribution in [2.75, 3.05) is 31.6 Å². The monoisotopic (exact) mass is 346 g/mol. The van der Waals surface area contributed by atoms with Crippen LogP contribution in [0, 0.1) is 0 Å². The Morgan fingerprint density at radius 1 is 1.17 bits per heavy atom. The minimum absolute atomic E-state index is 0. The van der Waals surface area contributed by atoms with E-state index in [2.05, 4.69) is 71.2 Å². The number of aromatic nitrogens is 1. The molecule has 1 fully saturated rings. The number of benzene rings is 1. The quantitative estimate of drug-likeness (QED) is 0.904. The molecule has 2 aromatic rings. The first-order valence-electron chi connectivity index (χ1n) is 8.36. The summed E-state index contributed by atoms with van der Waals surface area (Å²) >= 11 is 0. The van der Waals surface area contributed by atoms with Crippen LogP contribution in [0.1, 0.15) is 24.0 Å². The van der Waals surface area contributed by atoms with E-state index in [1.165, 1.54) is 11.1 Å². The van der Waals surface area contributed by atoms with Crippen LogP contribution >= 0.6 is 12.4 Å². The van der Waals surface area contributed by atoms with E-state index in [4.69, 9.17) is 5.73 Å². The summed E-state index contributed by atoms with van der Waals surface area (Å²) in [5.74, 6) is 1.45. The van der Waals surface area contributed by atoms with Crippen molar-refractivity contribution in [3.8, 4) is 0 Å². The zero-order valence-corrected chi connectivity index (χ0v) is 15.2. The van der Waals surface area contributed by atoms with E-state index in [0.717, 1.165) is 32.0 Å². The summed E-state index contributed by atoms with van der Waals surface area (Å²) in [7, 11) is 2.06. The highest BCUT2D eigenvalue weighted by Gasteiger charge is 2.30. The number of nitrogens with zero attached hydrogens (tertiary/aromatic N) is 3. The molecule has 1 aliphatic rings. The molecular weight excluding hydrogens is 320 g/mol. The Bertz CT molecular complexity index is 617. The fourth-order valence-electron chi connectivity index (χ4n) is 3.25. The summed E-state index contributed by atoms with van der Waals surface area (Å²) in [6.45, 7) is 5.97. The Morgan fingerprint density at radius 2 is 1.92 bits per heavy atom. The fourth-order valence-corrected chi connectivity index (χ4v) is 3.25. The van der Waals surface area contributed by atoms with E-state index in [1.54, 1.807) is 0 Å². The van der Waals surface area contributed by atoms with Crippen LogP contribution in [-0.4, -0.2) is 42.6 Å². The first-order valence-corrected chi connectivity index (χ1v) is 8.36. The van der Waals surface area contributed by atoms with Gasteiger partial charge in [0.1, 0.15) is 5.82 Å². The van der Waals surface area contributed by atoms with Crippen LogP contribution in [0.2, 0.25) is 0 Å². The fraction of sp³-hybridized carbons (Fsp3) is 0.421. The molecule has 1 aromatic heterocycles. The Hall–Kier alpha value is -1.62. The smallest absolute Gasteiger partial charge is 0.128 e. The summed E-state index contributed by atoms with van der Waals surface area (Å²) in [5, 5.41) is 0. The summed E-state index contributed by atoms with van der Waals surface area (Å²) in [5.41, 5.74) is 8.97. The van der Waals surface area contributed by atoms with Gasteiger partial charge < -0.3 is 10.6 Å². The van der Waals surface area contributed by atoms with Gasteiger partial charge in [0.2, 0.25) is 0 Å². The van der Waals surface area contributed by atoms with E-state index in [0.29, 0.717) is 5.92 Å². The second-order valence-electron chi connectivity index (χ2n) is 6.41. The van der Waals surface area contributed by atoms with Gasteiger partial charge in [-0.15, -0.1) is 12.4 Å². The lowest BCUT2D eigenvalue weighted by Gasteiger charge is -2.18. The second-order valence-corrected chi connectivity index (χ2v) is 6.41. The first kappa shape index (κ1) is 18.7. The number of rotatable bonds is 5. The van der Waals surface area contributed by atoms with Gasteiger partial charge in [-0.25, -0.2) is 4.98 Å². The van der Waals surface area contributed by atoms with Crippen molar-refractivity contribution in [3.63, 3.8) is 0 Å². The van der Waals surface area contributed by atoms with Crippen molar-refractivity contribution in [2.24, 2.45) is 5.73 Å². The summed E-state index contributed by atoms with van der Waals surface area (Å²) < 4.78 is 0. The molecule has 1 aromatic carbocycles. The van der Waals surface area contributed by atoms with Crippen molar-refractivity contribution in [2.45, 2.75) is 25.4 Å². The molecule has 0 bridgehead atoms. The molecule has 3 rings (SSSR count). The van der Waals surface area contributed by atoms with Crippen LogP contribution < -0.4 is 10.6 Å². The lowest BCUT2D eigenvalue weighted by molar-refractivity contribution is 0.323.